The number of hydrogen-bond donors (Lipinski definition) is 1. The third-order valence-electron chi connectivity index (χ3n) is 3.22. The summed E-state index contributed by atoms with van der Waals surface area (Å²) in [7, 11) is 0. The minimum atomic E-state index is -0.284. The lowest BCUT2D eigenvalue weighted by Crippen LogP contribution is -2.13. The molecule has 4 heteroatoms. The number of para-hydroxylation sites is 1. The molecule has 0 aliphatic carbocycles. The number of pyridine rings is 1. The maximum absolute atomic E-state index is 6.30. The van der Waals surface area contributed by atoms with Crippen molar-refractivity contribution < 1.29 is 4.74 Å². The molecule has 1 aromatic heterocycles. The van der Waals surface area contributed by atoms with Crippen LogP contribution in [-0.2, 0) is 6.42 Å². The zero-order valence-corrected chi connectivity index (χ0v) is 10.5. The van der Waals surface area contributed by atoms with Gasteiger partial charge in [-0.1, -0.05) is 29.8 Å². The Morgan fingerprint density at radius 1 is 1.28 bits per heavy atom. The summed E-state index contributed by atoms with van der Waals surface area (Å²) in [4.78, 5) is 3.97. The zero-order valence-electron chi connectivity index (χ0n) is 9.77. The maximum atomic E-state index is 6.30. The minimum absolute atomic E-state index is 0.284. The summed E-state index contributed by atoms with van der Waals surface area (Å²) in [6.07, 6.45) is 4.26. The number of halogens is 1. The van der Waals surface area contributed by atoms with Crippen LogP contribution in [0, 0.1) is 0 Å². The number of benzene rings is 1. The van der Waals surface area contributed by atoms with Crippen LogP contribution in [0.5, 0.6) is 5.75 Å². The first-order chi connectivity index (χ1) is 8.77. The largest absolute Gasteiger partial charge is 0.493 e. The first-order valence-electron chi connectivity index (χ1n) is 5.87. The second-order valence-corrected chi connectivity index (χ2v) is 4.72. The van der Waals surface area contributed by atoms with Gasteiger partial charge in [0.1, 0.15) is 5.75 Å². The van der Waals surface area contributed by atoms with Gasteiger partial charge in [0.25, 0.3) is 0 Å². The first kappa shape index (κ1) is 11.5. The Labute approximate surface area is 111 Å². The van der Waals surface area contributed by atoms with Gasteiger partial charge >= 0.3 is 0 Å². The van der Waals surface area contributed by atoms with E-state index < -0.39 is 0 Å². The van der Waals surface area contributed by atoms with E-state index in [1.165, 1.54) is 5.56 Å². The second-order valence-electron chi connectivity index (χ2n) is 4.31. The molecule has 1 aliphatic heterocycles. The Balaban J connectivity index is 2.06. The Kier molecular flexibility index (Phi) is 2.94. The number of aromatic nitrogens is 1. The normalized spacial score (nSPS) is 15.0. The Hall–Kier alpha value is -1.58. The molecule has 0 amide bonds. The molecule has 1 aromatic carbocycles. The highest BCUT2D eigenvalue weighted by Crippen LogP contribution is 2.36. The summed E-state index contributed by atoms with van der Waals surface area (Å²) < 4.78 is 5.67. The van der Waals surface area contributed by atoms with Gasteiger partial charge < -0.3 is 10.5 Å². The number of hydrogen-bond acceptors (Lipinski definition) is 3. The van der Waals surface area contributed by atoms with Crippen LogP contribution in [0.3, 0.4) is 0 Å². The highest BCUT2D eigenvalue weighted by atomic mass is 35.5. The lowest BCUT2D eigenvalue weighted by atomic mass is 9.97. The number of ether oxygens (including phenoxy) is 1. The molecule has 1 aliphatic rings. The van der Waals surface area contributed by atoms with Gasteiger partial charge in [-0.3, -0.25) is 4.98 Å². The standard InChI is InChI=1S/C14H13ClN2O/c15-12-8-17-6-4-10(12)13(16)11-3-1-2-9-5-7-18-14(9)11/h1-4,6,8,13H,5,7,16H2. The van der Waals surface area contributed by atoms with Crippen LogP contribution in [0.25, 0.3) is 0 Å². The first-order valence-corrected chi connectivity index (χ1v) is 6.25. The van der Waals surface area contributed by atoms with Crippen LogP contribution >= 0.6 is 11.6 Å². The van der Waals surface area contributed by atoms with Crippen molar-refractivity contribution >= 4 is 11.6 Å². The lowest BCUT2D eigenvalue weighted by Gasteiger charge is -2.16. The van der Waals surface area contributed by atoms with E-state index >= 15 is 0 Å². The van der Waals surface area contributed by atoms with E-state index in [-0.39, 0.29) is 6.04 Å². The topological polar surface area (TPSA) is 48.1 Å². The lowest BCUT2D eigenvalue weighted by molar-refractivity contribution is 0.352. The van der Waals surface area contributed by atoms with E-state index in [0.717, 1.165) is 29.9 Å². The van der Waals surface area contributed by atoms with Crippen LogP contribution in [-0.4, -0.2) is 11.6 Å². The van der Waals surface area contributed by atoms with Crippen molar-refractivity contribution in [2.45, 2.75) is 12.5 Å². The molecular weight excluding hydrogens is 248 g/mol. The molecule has 0 fully saturated rings. The van der Waals surface area contributed by atoms with Crippen LogP contribution in [0.15, 0.2) is 36.7 Å². The highest BCUT2D eigenvalue weighted by molar-refractivity contribution is 6.31. The molecule has 2 N–H and O–H groups in total. The molecule has 92 valence electrons. The van der Waals surface area contributed by atoms with Crippen molar-refractivity contribution in [2.75, 3.05) is 6.61 Å². The Bertz CT molecular complexity index is 586. The van der Waals surface area contributed by atoms with Crippen molar-refractivity contribution in [1.82, 2.24) is 4.98 Å². The third kappa shape index (κ3) is 1.85. The highest BCUT2D eigenvalue weighted by Gasteiger charge is 2.22. The smallest absolute Gasteiger partial charge is 0.127 e. The summed E-state index contributed by atoms with van der Waals surface area (Å²) in [6, 6.07) is 7.64. The molecule has 2 heterocycles. The molecule has 0 saturated heterocycles. The second kappa shape index (κ2) is 4.59. The number of fused-ring (bicyclic) bond motifs is 1. The third-order valence-corrected chi connectivity index (χ3v) is 3.53. The van der Waals surface area contributed by atoms with Crippen LogP contribution in [0.2, 0.25) is 5.02 Å². The molecule has 18 heavy (non-hydrogen) atoms. The van der Waals surface area contributed by atoms with Crippen molar-refractivity contribution in [1.29, 1.82) is 0 Å². The molecule has 0 radical (unpaired) electrons. The minimum Gasteiger partial charge on any atom is -0.493 e. The van der Waals surface area contributed by atoms with E-state index in [2.05, 4.69) is 11.1 Å². The van der Waals surface area contributed by atoms with Gasteiger partial charge in [0, 0.05) is 24.4 Å². The summed E-state index contributed by atoms with van der Waals surface area (Å²) >= 11 is 6.14. The van der Waals surface area contributed by atoms with Crippen LogP contribution < -0.4 is 10.5 Å². The SMILES string of the molecule is NC(c1ccncc1Cl)c1cccc2c1OCC2. The molecule has 3 rings (SSSR count). The monoisotopic (exact) mass is 260 g/mol. The summed E-state index contributed by atoms with van der Waals surface area (Å²) in [5.74, 6) is 0.915. The molecular formula is C14H13ClN2O. The van der Waals surface area contributed by atoms with Gasteiger partial charge in [0.05, 0.1) is 17.7 Å². The van der Waals surface area contributed by atoms with E-state index in [0.29, 0.717) is 5.02 Å². The molecule has 0 bridgehead atoms. The Morgan fingerprint density at radius 3 is 3.00 bits per heavy atom. The van der Waals surface area contributed by atoms with Crippen molar-refractivity contribution in [3.63, 3.8) is 0 Å². The molecule has 1 atom stereocenters. The van der Waals surface area contributed by atoms with Gasteiger partial charge in [-0.2, -0.15) is 0 Å². The predicted molar refractivity (Wildman–Crippen MR) is 70.9 cm³/mol. The average molecular weight is 261 g/mol. The van der Waals surface area contributed by atoms with Gasteiger partial charge in [-0.05, 0) is 17.2 Å². The van der Waals surface area contributed by atoms with E-state index in [9.17, 15) is 0 Å². The summed E-state index contributed by atoms with van der Waals surface area (Å²) in [5.41, 5.74) is 9.37. The van der Waals surface area contributed by atoms with Gasteiger partial charge in [0.2, 0.25) is 0 Å². The fraction of sp³-hybridized carbons (Fsp3) is 0.214. The number of nitrogens with zero attached hydrogens (tertiary/aromatic N) is 1. The molecule has 3 nitrogen and oxygen atoms in total. The maximum Gasteiger partial charge on any atom is 0.127 e. The molecule has 0 saturated carbocycles. The van der Waals surface area contributed by atoms with E-state index in [1.54, 1.807) is 12.4 Å². The molecule has 0 spiro atoms. The van der Waals surface area contributed by atoms with E-state index in [1.807, 2.05) is 18.2 Å². The van der Waals surface area contributed by atoms with Gasteiger partial charge in [-0.15, -0.1) is 0 Å². The summed E-state index contributed by atoms with van der Waals surface area (Å²) in [6.45, 7) is 0.725. The fourth-order valence-electron chi connectivity index (χ4n) is 2.29. The van der Waals surface area contributed by atoms with Crippen LogP contribution in [0.1, 0.15) is 22.7 Å². The number of rotatable bonds is 2. The van der Waals surface area contributed by atoms with Crippen LogP contribution in [0.4, 0.5) is 0 Å². The zero-order chi connectivity index (χ0) is 12.5. The summed E-state index contributed by atoms with van der Waals surface area (Å²) in [5, 5.41) is 0.584. The quantitative estimate of drug-likeness (QED) is 0.903. The number of nitrogens with two attached hydrogens (primary N) is 1. The predicted octanol–water partition coefficient (Wildman–Crippen LogP) is 2.72. The van der Waals surface area contributed by atoms with Crippen molar-refractivity contribution in [2.24, 2.45) is 5.73 Å². The Morgan fingerprint density at radius 2 is 2.17 bits per heavy atom. The average Bonchev–Trinajstić information content (AvgIpc) is 2.86. The van der Waals surface area contributed by atoms with Crippen molar-refractivity contribution in [3.05, 3.63) is 58.4 Å². The van der Waals surface area contributed by atoms with Gasteiger partial charge in [0.15, 0.2) is 0 Å². The molecule has 2 aromatic rings. The van der Waals surface area contributed by atoms with Crippen molar-refractivity contribution in [3.8, 4) is 5.75 Å². The van der Waals surface area contributed by atoms with E-state index in [4.69, 9.17) is 22.1 Å². The van der Waals surface area contributed by atoms with Gasteiger partial charge in [-0.25, -0.2) is 0 Å². The fourth-order valence-corrected chi connectivity index (χ4v) is 2.53. The molecule has 1 unspecified atom stereocenters.